The summed E-state index contributed by atoms with van der Waals surface area (Å²) in [7, 11) is 0. The summed E-state index contributed by atoms with van der Waals surface area (Å²) < 4.78 is 18.9. The van der Waals surface area contributed by atoms with Crippen molar-refractivity contribution >= 4 is 27.3 Å². The van der Waals surface area contributed by atoms with Crippen LogP contribution in [0.25, 0.3) is 0 Å². The molecule has 2 aromatic rings. The molecule has 4 heteroatoms. The number of ether oxygens (including phenoxy) is 1. The van der Waals surface area contributed by atoms with E-state index in [-0.39, 0.29) is 5.82 Å². The molecule has 1 aromatic carbocycles. The molecule has 0 N–H and O–H groups in total. The van der Waals surface area contributed by atoms with E-state index in [9.17, 15) is 4.39 Å². The Labute approximate surface area is 99.6 Å². The van der Waals surface area contributed by atoms with Crippen LogP contribution in [0.4, 0.5) is 4.39 Å². The van der Waals surface area contributed by atoms with Crippen molar-refractivity contribution in [2.24, 2.45) is 0 Å². The van der Waals surface area contributed by atoms with Crippen LogP contribution in [0.3, 0.4) is 0 Å². The van der Waals surface area contributed by atoms with E-state index in [0.717, 1.165) is 4.88 Å². The number of thiophene rings is 1. The van der Waals surface area contributed by atoms with Crippen molar-refractivity contribution < 1.29 is 9.13 Å². The predicted molar refractivity (Wildman–Crippen MR) is 62.8 cm³/mol. The minimum atomic E-state index is -0.273. The average Bonchev–Trinajstić information content (AvgIpc) is 2.69. The largest absolute Gasteiger partial charge is 0.487 e. The third kappa shape index (κ3) is 2.79. The highest BCUT2D eigenvalue weighted by Gasteiger charge is 2.03. The molecular weight excluding hydrogens is 279 g/mol. The lowest BCUT2D eigenvalue weighted by molar-refractivity contribution is 0.307. The Morgan fingerprint density at radius 2 is 2.20 bits per heavy atom. The summed E-state index contributed by atoms with van der Waals surface area (Å²) in [5.41, 5.74) is 0. The fourth-order valence-corrected chi connectivity index (χ4v) is 2.22. The first kappa shape index (κ1) is 10.6. The van der Waals surface area contributed by atoms with Crippen LogP contribution in [0.2, 0.25) is 0 Å². The molecule has 1 aromatic heterocycles. The molecule has 15 heavy (non-hydrogen) atoms. The van der Waals surface area contributed by atoms with Gasteiger partial charge in [0.2, 0.25) is 0 Å². The second-order valence-electron chi connectivity index (χ2n) is 2.94. The minimum Gasteiger partial charge on any atom is -0.487 e. The lowest BCUT2D eigenvalue weighted by Gasteiger charge is -2.06. The van der Waals surface area contributed by atoms with Crippen molar-refractivity contribution in [2.75, 3.05) is 0 Å². The van der Waals surface area contributed by atoms with Gasteiger partial charge in [-0.05, 0) is 45.6 Å². The predicted octanol–water partition coefficient (Wildman–Crippen LogP) is 4.23. The van der Waals surface area contributed by atoms with E-state index < -0.39 is 0 Å². The van der Waals surface area contributed by atoms with Crippen LogP contribution in [-0.4, -0.2) is 0 Å². The second kappa shape index (κ2) is 4.77. The zero-order valence-corrected chi connectivity index (χ0v) is 10.1. The molecule has 78 valence electrons. The molecule has 0 atom stereocenters. The van der Waals surface area contributed by atoms with Gasteiger partial charge in [-0.1, -0.05) is 6.07 Å². The molecule has 1 heterocycles. The molecular formula is C11H8BrFOS. The van der Waals surface area contributed by atoms with E-state index in [2.05, 4.69) is 15.9 Å². The minimum absolute atomic E-state index is 0.273. The van der Waals surface area contributed by atoms with Crippen LogP contribution in [0, 0.1) is 5.82 Å². The molecule has 0 saturated heterocycles. The maximum absolute atomic E-state index is 12.8. The molecule has 0 aliphatic heterocycles. The molecule has 1 nitrogen and oxygen atoms in total. The summed E-state index contributed by atoms with van der Waals surface area (Å²) >= 11 is 4.89. The Morgan fingerprint density at radius 1 is 1.33 bits per heavy atom. The highest BCUT2D eigenvalue weighted by molar-refractivity contribution is 9.10. The molecule has 0 amide bonds. The summed E-state index contributed by atoms with van der Waals surface area (Å²) in [6.45, 7) is 0.516. The van der Waals surface area contributed by atoms with Crippen molar-refractivity contribution in [3.8, 4) is 5.75 Å². The molecule has 0 aliphatic carbocycles. The molecule has 0 saturated carbocycles. The standard InChI is InChI=1S/C11H8BrFOS/c12-10-6-8(13)3-4-11(10)14-7-9-2-1-5-15-9/h1-6H,7H2. The summed E-state index contributed by atoms with van der Waals surface area (Å²) in [6.07, 6.45) is 0. The summed E-state index contributed by atoms with van der Waals surface area (Å²) in [5, 5.41) is 2.00. The van der Waals surface area contributed by atoms with Gasteiger partial charge in [-0.15, -0.1) is 11.3 Å². The van der Waals surface area contributed by atoms with Crippen LogP contribution >= 0.6 is 27.3 Å². The molecule has 0 spiro atoms. The Balaban J connectivity index is 2.05. The fraction of sp³-hybridized carbons (Fsp3) is 0.0909. The summed E-state index contributed by atoms with van der Waals surface area (Å²) in [5.74, 6) is 0.384. The third-order valence-corrected chi connectivity index (χ3v) is 3.31. The van der Waals surface area contributed by atoms with Crippen LogP contribution in [0.5, 0.6) is 5.75 Å². The van der Waals surface area contributed by atoms with Crippen LogP contribution in [0.1, 0.15) is 4.88 Å². The maximum Gasteiger partial charge on any atom is 0.134 e. The zero-order valence-electron chi connectivity index (χ0n) is 7.74. The number of hydrogen-bond acceptors (Lipinski definition) is 2. The van der Waals surface area contributed by atoms with E-state index in [0.29, 0.717) is 16.8 Å². The van der Waals surface area contributed by atoms with E-state index in [1.165, 1.54) is 12.1 Å². The zero-order chi connectivity index (χ0) is 10.7. The third-order valence-electron chi connectivity index (χ3n) is 1.84. The monoisotopic (exact) mass is 286 g/mol. The smallest absolute Gasteiger partial charge is 0.134 e. The van der Waals surface area contributed by atoms with Gasteiger partial charge in [0.25, 0.3) is 0 Å². The van der Waals surface area contributed by atoms with Gasteiger partial charge in [-0.25, -0.2) is 4.39 Å². The van der Waals surface area contributed by atoms with Crippen molar-refractivity contribution in [3.63, 3.8) is 0 Å². The van der Waals surface area contributed by atoms with Crippen LogP contribution in [-0.2, 0) is 6.61 Å². The number of halogens is 2. The van der Waals surface area contributed by atoms with E-state index in [1.54, 1.807) is 17.4 Å². The van der Waals surface area contributed by atoms with E-state index in [1.807, 2.05) is 17.5 Å². The van der Waals surface area contributed by atoms with Crippen LogP contribution in [0.15, 0.2) is 40.2 Å². The molecule has 0 radical (unpaired) electrons. The topological polar surface area (TPSA) is 9.23 Å². The van der Waals surface area contributed by atoms with Gasteiger partial charge in [-0.2, -0.15) is 0 Å². The normalized spacial score (nSPS) is 10.3. The van der Waals surface area contributed by atoms with Crippen molar-refractivity contribution in [1.29, 1.82) is 0 Å². The van der Waals surface area contributed by atoms with Gasteiger partial charge in [-0.3, -0.25) is 0 Å². The Kier molecular flexibility index (Phi) is 3.38. The highest BCUT2D eigenvalue weighted by atomic mass is 79.9. The lowest BCUT2D eigenvalue weighted by Crippen LogP contribution is -1.93. The fourth-order valence-electron chi connectivity index (χ4n) is 1.14. The molecule has 0 unspecified atom stereocenters. The number of benzene rings is 1. The first-order valence-corrected chi connectivity index (χ1v) is 6.03. The van der Waals surface area contributed by atoms with Gasteiger partial charge >= 0.3 is 0 Å². The second-order valence-corrected chi connectivity index (χ2v) is 4.83. The van der Waals surface area contributed by atoms with Crippen molar-refractivity contribution in [3.05, 3.63) is 50.9 Å². The number of hydrogen-bond donors (Lipinski definition) is 0. The van der Waals surface area contributed by atoms with Crippen molar-refractivity contribution in [2.45, 2.75) is 6.61 Å². The van der Waals surface area contributed by atoms with Crippen LogP contribution < -0.4 is 4.74 Å². The summed E-state index contributed by atoms with van der Waals surface area (Å²) in [6, 6.07) is 8.37. The van der Waals surface area contributed by atoms with Gasteiger partial charge in [0.1, 0.15) is 18.2 Å². The lowest BCUT2D eigenvalue weighted by atomic mass is 10.3. The Bertz CT molecular complexity index is 442. The van der Waals surface area contributed by atoms with E-state index in [4.69, 9.17) is 4.74 Å². The molecule has 0 fully saturated rings. The van der Waals surface area contributed by atoms with Gasteiger partial charge < -0.3 is 4.74 Å². The van der Waals surface area contributed by atoms with Gasteiger partial charge in [0.15, 0.2) is 0 Å². The molecule has 0 bridgehead atoms. The molecule has 2 rings (SSSR count). The quantitative estimate of drug-likeness (QED) is 0.821. The number of rotatable bonds is 3. The average molecular weight is 287 g/mol. The first-order valence-electron chi connectivity index (χ1n) is 4.36. The van der Waals surface area contributed by atoms with Crippen molar-refractivity contribution in [1.82, 2.24) is 0 Å². The Morgan fingerprint density at radius 3 is 2.87 bits per heavy atom. The summed E-state index contributed by atoms with van der Waals surface area (Å²) in [4.78, 5) is 1.14. The molecule has 0 aliphatic rings. The van der Waals surface area contributed by atoms with E-state index >= 15 is 0 Å². The first-order chi connectivity index (χ1) is 7.25. The SMILES string of the molecule is Fc1ccc(OCc2cccs2)c(Br)c1. The Hall–Kier alpha value is -0.870. The maximum atomic E-state index is 12.8. The van der Waals surface area contributed by atoms with Gasteiger partial charge in [0.05, 0.1) is 4.47 Å². The highest BCUT2D eigenvalue weighted by Crippen LogP contribution is 2.26. The van der Waals surface area contributed by atoms with Gasteiger partial charge in [0, 0.05) is 4.88 Å².